The zero-order valence-corrected chi connectivity index (χ0v) is 14.5. The normalized spacial score (nSPS) is 10.9. The van der Waals surface area contributed by atoms with Gasteiger partial charge < -0.3 is 4.74 Å². The number of aryl methyl sites for hydroxylation is 1. The number of carbonyl (C=O) groups is 1. The molecule has 0 aliphatic heterocycles. The van der Waals surface area contributed by atoms with Gasteiger partial charge in [-0.2, -0.15) is 4.80 Å². The summed E-state index contributed by atoms with van der Waals surface area (Å²) in [6.45, 7) is 6.23. The largest absolute Gasteiger partial charge is 0.459 e. The third-order valence-corrected chi connectivity index (χ3v) is 3.56. The Kier molecular flexibility index (Phi) is 4.88. The minimum Gasteiger partial charge on any atom is -0.459 e. The number of benzene rings is 2. The van der Waals surface area contributed by atoms with E-state index in [-0.39, 0.29) is 12.1 Å². The first-order chi connectivity index (χ1) is 12.0. The van der Waals surface area contributed by atoms with Gasteiger partial charge >= 0.3 is 5.97 Å². The molecule has 0 N–H and O–H groups in total. The molecule has 0 fully saturated rings. The first-order valence-corrected chi connectivity index (χ1v) is 8.16. The number of tetrazole rings is 1. The van der Waals surface area contributed by atoms with Crippen LogP contribution in [0.15, 0.2) is 48.5 Å². The monoisotopic (exact) mass is 336 g/mol. The standard InChI is InChI=1S/C19H20N4O2/c1-13(2)25-19(24)17-9-5-8-16(11-17)18-20-22-23(21-18)12-15-7-4-6-14(3)10-15/h4-11,13H,12H2,1-3H3. The molecule has 0 saturated carbocycles. The first kappa shape index (κ1) is 16.8. The van der Waals surface area contributed by atoms with Crippen LogP contribution in [0.4, 0.5) is 0 Å². The van der Waals surface area contributed by atoms with Crippen molar-refractivity contribution in [2.24, 2.45) is 0 Å². The highest BCUT2D eigenvalue weighted by atomic mass is 16.5. The van der Waals surface area contributed by atoms with E-state index >= 15 is 0 Å². The minimum absolute atomic E-state index is 0.163. The number of carbonyl (C=O) groups excluding carboxylic acids is 1. The van der Waals surface area contributed by atoms with E-state index < -0.39 is 0 Å². The van der Waals surface area contributed by atoms with Crippen LogP contribution in [0.5, 0.6) is 0 Å². The Balaban J connectivity index is 1.79. The van der Waals surface area contributed by atoms with Gasteiger partial charge in [-0.05, 0) is 43.7 Å². The Morgan fingerprint density at radius 1 is 1.16 bits per heavy atom. The highest BCUT2D eigenvalue weighted by Crippen LogP contribution is 2.17. The molecule has 0 radical (unpaired) electrons. The molecular weight excluding hydrogens is 316 g/mol. The second kappa shape index (κ2) is 7.25. The Morgan fingerprint density at radius 3 is 2.72 bits per heavy atom. The molecule has 2 aromatic carbocycles. The Morgan fingerprint density at radius 2 is 1.96 bits per heavy atom. The van der Waals surface area contributed by atoms with Crippen LogP contribution in [-0.2, 0) is 11.3 Å². The molecule has 0 spiro atoms. The van der Waals surface area contributed by atoms with Crippen molar-refractivity contribution in [3.05, 3.63) is 65.2 Å². The molecule has 6 nitrogen and oxygen atoms in total. The molecule has 0 saturated heterocycles. The van der Waals surface area contributed by atoms with Crippen LogP contribution in [0.1, 0.15) is 35.3 Å². The molecule has 3 rings (SSSR count). The van der Waals surface area contributed by atoms with E-state index in [1.807, 2.05) is 45.0 Å². The Labute approximate surface area is 146 Å². The maximum absolute atomic E-state index is 12.0. The lowest BCUT2D eigenvalue weighted by atomic mass is 10.1. The summed E-state index contributed by atoms with van der Waals surface area (Å²) in [4.78, 5) is 13.6. The zero-order valence-electron chi connectivity index (χ0n) is 14.5. The van der Waals surface area contributed by atoms with Crippen LogP contribution in [0, 0.1) is 6.92 Å². The van der Waals surface area contributed by atoms with Gasteiger partial charge in [0.25, 0.3) is 0 Å². The quantitative estimate of drug-likeness (QED) is 0.669. The van der Waals surface area contributed by atoms with Gasteiger partial charge in [0, 0.05) is 5.56 Å². The van der Waals surface area contributed by atoms with Gasteiger partial charge in [-0.1, -0.05) is 42.0 Å². The Bertz CT molecular complexity index is 886. The molecular formula is C19H20N4O2. The minimum atomic E-state index is -0.357. The van der Waals surface area contributed by atoms with Crippen molar-refractivity contribution in [2.75, 3.05) is 0 Å². The SMILES string of the molecule is Cc1cccc(Cn2nnc(-c3cccc(C(=O)OC(C)C)c3)n2)c1. The smallest absolute Gasteiger partial charge is 0.338 e. The van der Waals surface area contributed by atoms with Gasteiger partial charge in [0.15, 0.2) is 0 Å². The lowest BCUT2D eigenvalue weighted by molar-refractivity contribution is 0.0378. The molecule has 0 aliphatic carbocycles. The lowest BCUT2D eigenvalue weighted by Crippen LogP contribution is -2.11. The van der Waals surface area contributed by atoms with Gasteiger partial charge in [-0.25, -0.2) is 4.79 Å². The number of aromatic nitrogens is 4. The van der Waals surface area contributed by atoms with Crippen LogP contribution in [0.2, 0.25) is 0 Å². The van der Waals surface area contributed by atoms with E-state index in [9.17, 15) is 4.79 Å². The molecule has 3 aromatic rings. The van der Waals surface area contributed by atoms with E-state index in [1.54, 1.807) is 23.0 Å². The predicted molar refractivity (Wildman–Crippen MR) is 94.1 cm³/mol. The molecule has 0 atom stereocenters. The van der Waals surface area contributed by atoms with Crippen molar-refractivity contribution in [1.82, 2.24) is 20.2 Å². The van der Waals surface area contributed by atoms with Crippen LogP contribution in [0.3, 0.4) is 0 Å². The highest BCUT2D eigenvalue weighted by molar-refractivity contribution is 5.90. The number of esters is 1. The summed E-state index contributed by atoms with van der Waals surface area (Å²) >= 11 is 0. The second-order valence-electron chi connectivity index (χ2n) is 6.17. The van der Waals surface area contributed by atoms with Gasteiger partial charge in [0.2, 0.25) is 5.82 Å². The van der Waals surface area contributed by atoms with Crippen LogP contribution < -0.4 is 0 Å². The number of hydrogen-bond acceptors (Lipinski definition) is 5. The van der Waals surface area contributed by atoms with E-state index in [0.29, 0.717) is 17.9 Å². The summed E-state index contributed by atoms with van der Waals surface area (Å²) in [5, 5.41) is 12.6. The molecule has 0 aliphatic rings. The first-order valence-electron chi connectivity index (χ1n) is 8.16. The Hall–Kier alpha value is -3.02. The van der Waals surface area contributed by atoms with Crippen LogP contribution >= 0.6 is 0 Å². The van der Waals surface area contributed by atoms with Crippen molar-refractivity contribution in [3.8, 4) is 11.4 Å². The molecule has 128 valence electrons. The van der Waals surface area contributed by atoms with Gasteiger partial charge in [0.1, 0.15) is 0 Å². The van der Waals surface area contributed by atoms with Gasteiger partial charge in [0.05, 0.1) is 18.2 Å². The molecule has 1 aromatic heterocycles. The average molecular weight is 336 g/mol. The average Bonchev–Trinajstić information content (AvgIpc) is 3.03. The van der Waals surface area contributed by atoms with Gasteiger partial charge in [-0.15, -0.1) is 10.2 Å². The fourth-order valence-corrected chi connectivity index (χ4v) is 2.47. The van der Waals surface area contributed by atoms with Crippen molar-refractivity contribution in [3.63, 3.8) is 0 Å². The number of ether oxygens (including phenoxy) is 1. The molecule has 1 heterocycles. The fraction of sp³-hybridized carbons (Fsp3) is 0.263. The van der Waals surface area contributed by atoms with E-state index in [2.05, 4.69) is 21.5 Å². The molecule has 25 heavy (non-hydrogen) atoms. The lowest BCUT2D eigenvalue weighted by Gasteiger charge is -2.08. The molecule has 6 heteroatoms. The second-order valence-corrected chi connectivity index (χ2v) is 6.17. The fourth-order valence-electron chi connectivity index (χ4n) is 2.47. The van der Waals surface area contributed by atoms with Crippen molar-refractivity contribution in [2.45, 2.75) is 33.4 Å². The number of hydrogen-bond donors (Lipinski definition) is 0. The van der Waals surface area contributed by atoms with Crippen LogP contribution in [0.25, 0.3) is 11.4 Å². The maximum Gasteiger partial charge on any atom is 0.338 e. The third-order valence-electron chi connectivity index (χ3n) is 3.56. The maximum atomic E-state index is 12.0. The predicted octanol–water partition coefficient (Wildman–Crippen LogP) is 3.26. The van der Waals surface area contributed by atoms with Crippen LogP contribution in [-0.4, -0.2) is 32.3 Å². The zero-order chi connectivity index (χ0) is 17.8. The van der Waals surface area contributed by atoms with Gasteiger partial charge in [-0.3, -0.25) is 0 Å². The van der Waals surface area contributed by atoms with E-state index in [1.165, 1.54) is 5.56 Å². The summed E-state index contributed by atoms with van der Waals surface area (Å²) < 4.78 is 5.22. The highest BCUT2D eigenvalue weighted by Gasteiger charge is 2.12. The summed E-state index contributed by atoms with van der Waals surface area (Å²) in [5.74, 6) is 0.121. The molecule has 0 unspecified atom stereocenters. The summed E-state index contributed by atoms with van der Waals surface area (Å²) in [5.41, 5.74) is 3.50. The van der Waals surface area contributed by atoms with Crippen molar-refractivity contribution in [1.29, 1.82) is 0 Å². The van der Waals surface area contributed by atoms with Crippen molar-refractivity contribution >= 4 is 5.97 Å². The summed E-state index contributed by atoms with van der Waals surface area (Å²) in [6.07, 6.45) is -0.163. The molecule has 0 bridgehead atoms. The molecule has 0 amide bonds. The third kappa shape index (κ3) is 4.29. The number of rotatable bonds is 5. The summed E-state index contributed by atoms with van der Waals surface area (Å²) in [7, 11) is 0. The van der Waals surface area contributed by atoms with Crippen molar-refractivity contribution < 1.29 is 9.53 Å². The number of nitrogens with zero attached hydrogens (tertiary/aromatic N) is 4. The van der Waals surface area contributed by atoms with E-state index in [0.717, 1.165) is 11.1 Å². The summed E-state index contributed by atoms with van der Waals surface area (Å²) in [6, 6.07) is 15.2. The topological polar surface area (TPSA) is 69.9 Å². The van der Waals surface area contributed by atoms with E-state index in [4.69, 9.17) is 4.74 Å².